The van der Waals surface area contributed by atoms with Crippen molar-refractivity contribution < 1.29 is 4.39 Å². The highest BCUT2D eigenvalue weighted by Crippen LogP contribution is 2.39. The van der Waals surface area contributed by atoms with Crippen LogP contribution < -0.4 is 5.32 Å². The molecule has 5 rings (SSSR count). The number of aryl methyl sites for hydroxylation is 3. The van der Waals surface area contributed by atoms with Gasteiger partial charge in [-0.1, -0.05) is 36.4 Å². The molecule has 2 aromatic heterocycles. The van der Waals surface area contributed by atoms with Crippen LogP contribution in [-0.4, -0.2) is 9.97 Å². The maximum atomic E-state index is 14.1. The Morgan fingerprint density at radius 3 is 2.69 bits per heavy atom. The molecule has 29 heavy (non-hydrogen) atoms. The largest absolute Gasteiger partial charge is 0.339 e. The van der Waals surface area contributed by atoms with E-state index in [1.165, 1.54) is 28.8 Å². The van der Waals surface area contributed by atoms with Gasteiger partial charge in [-0.3, -0.25) is 0 Å². The van der Waals surface area contributed by atoms with Gasteiger partial charge < -0.3 is 5.32 Å². The summed E-state index contributed by atoms with van der Waals surface area (Å²) in [6, 6.07) is 15.5. The Labute approximate surface area is 173 Å². The van der Waals surface area contributed by atoms with Gasteiger partial charge in [0.2, 0.25) is 0 Å². The number of hydrogen-bond acceptors (Lipinski definition) is 4. The van der Waals surface area contributed by atoms with Crippen LogP contribution in [0, 0.1) is 12.7 Å². The van der Waals surface area contributed by atoms with Crippen molar-refractivity contribution in [2.24, 2.45) is 0 Å². The van der Waals surface area contributed by atoms with E-state index in [0.717, 1.165) is 40.4 Å². The smallest absolute Gasteiger partial charge is 0.143 e. The van der Waals surface area contributed by atoms with Crippen LogP contribution in [0.3, 0.4) is 0 Å². The Morgan fingerprint density at radius 2 is 1.86 bits per heavy atom. The maximum Gasteiger partial charge on any atom is 0.143 e. The topological polar surface area (TPSA) is 37.8 Å². The molecular formula is C24H22FN3S. The lowest BCUT2D eigenvalue weighted by Gasteiger charge is -2.14. The van der Waals surface area contributed by atoms with Crippen molar-refractivity contribution in [1.82, 2.24) is 9.97 Å². The molecule has 2 heterocycles. The fourth-order valence-electron chi connectivity index (χ4n) is 3.96. The van der Waals surface area contributed by atoms with Gasteiger partial charge in [0.15, 0.2) is 0 Å². The third-order valence-electron chi connectivity index (χ3n) is 5.50. The van der Waals surface area contributed by atoms with Crippen LogP contribution in [0.25, 0.3) is 10.2 Å². The average molecular weight is 404 g/mol. The molecule has 0 fully saturated rings. The van der Waals surface area contributed by atoms with Crippen LogP contribution in [-0.2, 0) is 19.3 Å². The Morgan fingerprint density at radius 1 is 1.03 bits per heavy atom. The normalized spacial score (nSPS) is 13.4. The van der Waals surface area contributed by atoms with Crippen LogP contribution in [0.4, 0.5) is 15.9 Å². The predicted octanol–water partition coefficient (Wildman–Crippen LogP) is 6.35. The summed E-state index contributed by atoms with van der Waals surface area (Å²) < 4.78 is 14.1. The molecule has 0 saturated carbocycles. The lowest BCUT2D eigenvalue weighted by molar-refractivity contribution is 0.619. The van der Waals surface area contributed by atoms with Crippen molar-refractivity contribution in [3.8, 4) is 0 Å². The molecule has 0 amide bonds. The second-order valence-corrected chi connectivity index (χ2v) is 8.71. The zero-order valence-corrected chi connectivity index (χ0v) is 17.2. The SMILES string of the molecule is Cc1ccc(Nc2nc(Cc3ccccc3)nc3sc4c(c23)CCCC4)cc1F. The Bertz CT molecular complexity index is 1180. The Hall–Kier alpha value is -2.79. The molecule has 0 spiro atoms. The quantitative estimate of drug-likeness (QED) is 0.431. The number of hydrogen-bond donors (Lipinski definition) is 1. The summed E-state index contributed by atoms with van der Waals surface area (Å²) in [5.41, 5.74) is 3.91. The van der Waals surface area contributed by atoms with E-state index in [-0.39, 0.29) is 5.82 Å². The fraction of sp³-hybridized carbons (Fsp3) is 0.250. The number of benzene rings is 2. The third kappa shape index (κ3) is 3.62. The van der Waals surface area contributed by atoms with Gasteiger partial charge in [0.25, 0.3) is 0 Å². The van der Waals surface area contributed by atoms with Crippen LogP contribution in [0.1, 0.15) is 40.2 Å². The average Bonchev–Trinajstić information content (AvgIpc) is 3.10. The van der Waals surface area contributed by atoms with E-state index in [0.29, 0.717) is 12.0 Å². The zero-order chi connectivity index (χ0) is 19.8. The van der Waals surface area contributed by atoms with Gasteiger partial charge in [-0.2, -0.15) is 0 Å². The molecule has 2 aromatic carbocycles. The van der Waals surface area contributed by atoms with E-state index in [1.807, 2.05) is 24.3 Å². The molecule has 3 nitrogen and oxygen atoms in total. The van der Waals surface area contributed by atoms with Gasteiger partial charge in [-0.05, 0) is 61.4 Å². The molecule has 0 saturated heterocycles. The van der Waals surface area contributed by atoms with Gasteiger partial charge >= 0.3 is 0 Å². The number of thiophene rings is 1. The van der Waals surface area contributed by atoms with E-state index in [1.54, 1.807) is 30.4 Å². The molecule has 146 valence electrons. The zero-order valence-electron chi connectivity index (χ0n) is 16.3. The molecule has 0 aliphatic heterocycles. The van der Waals surface area contributed by atoms with Crippen LogP contribution in [0.5, 0.6) is 0 Å². The minimum absolute atomic E-state index is 0.211. The Kier molecular flexibility index (Phi) is 4.76. The lowest BCUT2D eigenvalue weighted by atomic mass is 9.97. The van der Waals surface area contributed by atoms with Gasteiger partial charge in [-0.15, -0.1) is 11.3 Å². The molecule has 0 bridgehead atoms. The third-order valence-corrected chi connectivity index (χ3v) is 6.69. The highest BCUT2D eigenvalue weighted by Gasteiger charge is 2.21. The summed E-state index contributed by atoms with van der Waals surface area (Å²) in [6.07, 6.45) is 5.28. The number of nitrogens with one attached hydrogen (secondary N) is 1. The van der Waals surface area contributed by atoms with E-state index < -0.39 is 0 Å². The fourth-order valence-corrected chi connectivity index (χ4v) is 5.24. The number of halogens is 1. The number of rotatable bonds is 4. The molecule has 5 heteroatoms. The summed E-state index contributed by atoms with van der Waals surface area (Å²) in [7, 11) is 0. The molecule has 0 unspecified atom stereocenters. The molecule has 1 aliphatic rings. The van der Waals surface area contributed by atoms with E-state index in [4.69, 9.17) is 9.97 Å². The monoisotopic (exact) mass is 403 g/mol. The van der Waals surface area contributed by atoms with Crippen molar-refractivity contribution >= 4 is 33.1 Å². The number of fused-ring (bicyclic) bond motifs is 3. The first kappa shape index (κ1) is 18.3. The summed E-state index contributed by atoms with van der Waals surface area (Å²) in [5.74, 6) is 1.37. The van der Waals surface area contributed by atoms with Crippen LogP contribution >= 0.6 is 11.3 Å². The summed E-state index contributed by atoms with van der Waals surface area (Å²) in [5, 5.41) is 4.51. The minimum atomic E-state index is -0.211. The second-order valence-electron chi connectivity index (χ2n) is 7.63. The van der Waals surface area contributed by atoms with Crippen LogP contribution in [0.2, 0.25) is 0 Å². The van der Waals surface area contributed by atoms with Gasteiger partial charge in [0.1, 0.15) is 22.3 Å². The van der Waals surface area contributed by atoms with E-state index in [2.05, 4.69) is 17.4 Å². The number of anilines is 2. The second kappa shape index (κ2) is 7.56. The molecule has 4 aromatic rings. The number of nitrogens with zero attached hydrogens (tertiary/aromatic N) is 2. The number of aromatic nitrogens is 2. The van der Waals surface area contributed by atoms with Crippen molar-refractivity contribution in [2.45, 2.75) is 39.0 Å². The highest BCUT2D eigenvalue weighted by atomic mass is 32.1. The highest BCUT2D eigenvalue weighted by molar-refractivity contribution is 7.19. The summed E-state index contributed by atoms with van der Waals surface area (Å²) in [6.45, 7) is 1.77. The Balaban J connectivity index is 1.62. The molecule has 1 aliphatic carbocycles. The first-order chi connectivity index (χ1) is 14.2. The van der Waals surface area contributed by atoms with Crippen molar-refractivity contribution in [1.29, 1.82) is 0 Å². The van der Waals surface area contributed by atoms with Gasteiger partial charge in [0.05, 0.1) is 5.39 Å². The minimum Gasteiger partial charge on any atom is -0.339 e. The first-order valence-corrected chi connectivity index (χ1v) is 10.9. The van der Waals surface area contributed by atoms with E-state index in [9.17, 15) is 4.39 Å². The van der Waals surface area contributed by atoms with Crippen molar-refractivity contribution in [2.75, 3.05) is 5.32 Å². The summed E-state index contributed by atoms with van der Waals surface area (Å²) in [4.78, 5) is 12.3. The standard InChI is InChI=1S/C24H22FN3S/c1-15-11-12-17(14-19(15)25)26-23-22-18-9-5-6-10-20(18)29-24(22)28-21(27-23)13-16-7-3-2-4-8-16/h2-4,7-8,11-12,14H,5-6,9-10,13H2,1H3,(H,26,27,28). The molecule has 0 radical (unpaired) electrons. The van der Waals surface area contributed by atoms with Crippen LogP contribution in [0.15, 0.2) is 48.5 Å². The molecular weight excluding hydrogens is 381 g/mol. The maximum absolute atomic E-state index is 14.1. The molecule has 1 N–H and O–H groups in total. The van der Waals surface area contributed by atoms with Gasteiger partial charge in [-0.25, -0.2) is 14.4 Å². The van der Waals surface area contributed by atoms with Crippen molar-refractivity contribution in [3.63, 3.8) is 0 Å². The first-order valence-electron chi connectivity index (χ1n) is 10.1. The molecule has 0 atom stereocenters. The van der Waals surface area contributed by atoms with Gasteiger partial charge in [0, 0.05) is 17.0 Å². The van der Waals surface area contributed by atoms with Crippen molar-refractivity contribution in [3.05, 3.63) is 81.7 Å². The predicted molar refractivity (Wildman–Crippen MR) is 118 cm³/mol. The lowest BCUT2D eigenvalue weighted by Crippen LogP contribution is -2.04. The summed E-state index contributed by atoms with van der Waals surface area (Å²) >= 11 is 1.79. The van der Waals surface area contributed by atoms with E-state index >= 15 is 0 Å².